The summed E-state index contributed by atoms with van der Waals surface area (Å²) in [6.45, 7) is 7.67. The van der Waals surface area contributed by atoms with Crippen LogP contribution in [-0.4, -0.2) is 39.1 Å². The third kappa shape index (κ3) is 2.31. The molecule has 2 aliphatic rings. The highest BCUT2D eigenvalue weighted by Gasteiger charge is 2.51. The molecule has 2 rings (SSSR count). The Kier molecular flexibility index (Phi) is 3.03. The summed E-state index contributed by atoms with van der Waals surface area (Å²) < 4.78 is 5.48. The van der Waals surface area contributed by atoms with Gasteiger partial charge in [-0.1, -0.05) is 5.16 Å². The fraction of sp³-hybridized carbons (Fsp3) is 0.846. The Morgan fingerprint density at radius 1 is 1.56 bits per heavy atom. The average Bonchev–Trinajstić information content (AvgIpc) is 2.43. The predicted octanol–water partition coefficient (Wildman–Crippen LogP) is 2.77. The molecule has 0 spiro atoms. The van der Waals surface area contributed by atoms with E-state index in [0.717, 1.165) is 18.6 Å². The van der Waals surface area contributed by atoms with Crippen LogP contribution in [0.25, 0.3) is 0 Å². The fourth-order valence-electron chi connectivity index (χ4n) is 3.08. The van der Waals surface area contributed by atoms with Gasteiger partial charge in [0.15, 0.2) is 0 Å². The van der Waals surface area contributed by atoms with Crippen molar-refractivity contribution >= 4 is 11.8 Å². The van der Waals surface area contributed by atoms with E-state index in [-0.39, 0.29) is 17.7 Å². The van der Waals surface area contributed by atoms with Gasteiger partial charge in [0.1, 0.15) is 5.60 Å². The summed E-state index contributed by atoms with van der Waals surface area (Å²) in [4.78, 5) is 14.1. The molecule has 1 amide bonds. The summed E-state index contributed by atoms with van der Waals surface area (Å²) in [5, 5.41) is 12.3. The molecule has 5 heteroatoms. The molecule has 2 aliphatic heterocycles. The number of nitrogens with zero attached hydrogens (tertiary/aromatic N) is 2. The second kappa shape index (κ2) is 4.14. The fourth-order valence-corrected chi connectivity index (χ4v) is 3.08. The van der Waals surface area contributed by atoms with E-state index in [1.165, 1.54) is 0 Å². The summed E-state index contributed by atoms with van der Waals surface area (Å²) in [7, 11) is 0. The molecule has 2 atom stereocenters. The zero-order valence-corrected chi connectivity index (χ0v) is 11.6. The lowest BCUT2D eigenvalue weighted by Gasteiger charge is -2.42. The molecule has 2 saturated heterocycles. The molecular weight excluding hydrogens is 232 g/mol. The van der Waals surface area contributed by atoms with Gasteiger partial charge in [-0.3, -0.25) is 4.90 Å². The number of amides is 1. The number of oxime groups is 1. The second-order valence-corrected chi connectivity index (χ2v) is 6.59. The molecule has 0 aromatic rings. The number of rotatable bonds is 0. The van der Waals surface area contributed by atoms with Gasteiger partial charge in [-0.15, -0.1) is 0 Å². The van der Waals surface area contributed by atoms with Crippen LogP contribution >= 0.6 is 0 Å². The number of piperidine rings is 1. The number of ether oxygens (including phenoxy) is 1. The first-order valence-electron chi connectivity index (χ1n) is 6.47. The monoisotopic (exact) mass is 254 g/mol. The van der Waals surface area contributed by atoms with E-state index in [2.05, 4.69) is 5.16 Å². The minimum atomic E-state index is -0.474. The Hall–Kier alpha value is -1.26. The first-order valence-corrected chi connectivity index (χ1v) is 6.47. The number of fused-ring (bicyclic) bond motifs is 2. The highest BCUT2D eigenvalue weighted by Crippen LogP contribution is 2.43. The molecule has 18 heavy (non-hydrogen) atoms. The molecule has 2 bridgehead atoms. The van der Waals surface area contributed by atoms with Crippen molar-refractivity contribution in [3.05, 3.63) is 0 Å². The maximum Gasteiger partial charge on any atom is 0.411 e. The van der Waals surface area contributed by atoms with Crippen LogP contribution < -0.4 is 0 Å². The van der Waals surface area contributed by atoms with E-state index in [9.17, 15) is 4.79 Å². The van der Waals surface area contributed by atoms with E-state index in [0.29, 0.717) is 12.8 Å². The minimum Gasteiger partial charge on any atom is -0.444 e. The van der Waals surface area contributed by atoms with Crippen molar-refractivity contribution in [3.8, 4) is 0 Å². The third-order valence-electron chi connectivity index (χ3n) is 3.75. The van der Waals surface area contributed by atoms with Gasteiger partial charge < -0.3 is 9.94 Å². The van der Waals surface area contributed by atoms with Crippen LogP contribution in [0, 0.1) is 0 Å². The number of carbonyl (C=O) groups excluding carboxylic acids is 1. The summed E-state index contributed by atoms with van der Waals surface area (Å²) in [6.07, 6.45) is 2.94. The second-order valence-electron chi connectivity index (χ2n) is 6.59. The Bertz CT molecular complexity index is 386. The van der Waals surface area contributed by atoms with E-state index < -0.39 is 5.60 Å². The van der Waals surface area contributed by atoms with E-state index in [4.69, 9.17) is 9.94 Å². The number of hydrogen-bond donors (Lipinski definition) is 1. The van der Waals surface area contributed by atoms with Crippen LogP contribution in [0.3, 0.4) is 0 Å². The normalized spacial score (nSPS) is 33.9. The van der Waals surface area contributed by atoms with Gasteiger partial charge in [0, 0.05) is 24.4 Å². The molecule has 2 unspecified atom stereocenters. The van der Waals surface area contributed by atoms with Gasteiger partial charge >= 0.3 is 6.09 Å². The van der Waals surface area contributed by atoms with E-state index >= 15 is 0 Å². The lowest BCUT2D eigenvalue weighted by Crippen LogP contribution is -2.55. The van der Waals surface area contributed by atoms with Gasteiger partial charge in [-0.25, -0.2) is 4.79 Å². The quantitative estimate of drug-likeness (QED) is 0.534. The summed E-state index contributed by atoms with van der Waals surface area (Å²) in [6, 6.07) is 0.115. The van der Waals surface area contributed by atoms with E-state index in [1.807, 2.05) is 32.6 Å². The molecule has 0 saturated carbocycles. The molecular formula is C13H22N2O3. The Morgan fingerprint density at radius 2 is 2.22 bits per heavy atom. The van der Waals surface area contributed by atoms with Gasteiger partial charge in [0.25, 0.3) is 0 Å². The molecule has 2 heterocycles. The molecule has 0 aromatic heterocycles. The summed E-state index contributed by atoms with van der Waals surface area (Å²) in [5.74, 6) is 0. The highest BCUT2D eigenvalue weighted by molar-refractivity contribution is 5.88. The van der Waals surface area contributed by atoms with Crippen LogP contribution in [-0.2, 0) is 4.74 Å². The first-order chi connectivity index (χ1) is 8.25. The standard InChI is InChI=1S/C13H22N2O3/c1-12(2,3)18-11(16)15-10-5-6-13(15,4)8-9(7-10)14-17/h10,17H,5-8H2,1-4H3/b14-9-. The van der Waals surface area contributed by atoms with E-state index in [1.54, 1.807) is 0 Å². The smallest absolute Gasteiger partial charge is 0.411 e. The van der Waals surface area contributed by atoms with Crippen molar-refractivity contribution in [1.82, 2.24) is 4.90 Å². The minimum absolute atomic E-state index is 0.115. The van der Waals surface area contributed by atoms with Crippen molar-refractivity contribution in [2.75, 3.05) is 0 Å². The highest BCUT2D eigenvalue weighted by atomic mass is 16.6. The summed E-state index contributed by atoms with van der Waals surface area (Å²) >= 11 is 0. The Labute approximate surface area is 108 Å². The first kappa shape index (κ1) is 13.2. The van der Waals surface area contributed by atoms with Gasteiger partial charge in [-0.05, 0) is 40.5 Å². The van der Waals surface area contributed by atoms with Crippen molar-refractivity contribution in [2.24, 2.45) is 5.16 Å². The van der Waals surface area contributed by atoms with Gasteiger partial charge in [0.2, 0.25) is 0 Å². The molecule has 5 nitrogen and oxygen atoms in total. The van der Waals surface area contributed by atoms with Crippen molar-refractivity contribution in [3.63, 3.8) is 0 Å². The largest absolute Gasteiger partial charge is 0.444 e. The zero-order valence-electron chi connectivity index (χ0n) is 11.6. The van der Waals surface area contributed by atoms with Crippen molar-refractivity contribution < 1.29 is 14.7 Å². The Balaban J connectivity index is 2.18. The topological polar surface area (TPSA) is 62.1 Å². The zero-order chi connectivity index (χ0) is 13.6. The molecule has 0 aliphatic carbocycles. The molecule has 0 radical (unpaired) electrons. The maximum absolute atomic E-state index is 12.3. The summed E-state index contributed by atoms with van der Waals surface area (Å²) in [5.41, 5.74) is 0.0604. The van der Waals surface area contributed by atoms with Gasteiger partial charge in [-0.2, -0.15) is 0 Å². The Morgan fingerprint density at radius 3 is 2.72 bits per heavy atom. The average molecular weight is 254 g/mol. The molecule has 1 N–H and O–H groups in total. The molecule has 2 fully saturated rings. The molecule has 102 valence electrons. The van der Waals surface area contributed by atoms with Gasteiger partial charge in [0.05, 0.1) is 5.71 Å². The van der Waals surface area contributed by atoms with Crippen LogP contribution in [0.1, 0.15) is 53.4 Å². The van der Waals surface area contributed by atoms with Crippen LogP contribution in [0.5, 0.6) is 0 Å². The number of carbonyl (C=O) groups is 1. The van der Waals surface area contributed by atoms with Crippen LogP contribution in [0.2, 0.25) is 0 Å². The predicted molar refractivity (Wildman–Crippen MR) is 68.0 cm³/mol. The number of hydrogen-bond acceptors (Lipinski definition) is 4. The maximum atomic E-state index is 12.3. The van der Waals surface area contributed by atoms with Crippen LogP contribution in [0.15, 0.2) is 5.16 Å². The third-order valence-corrected chi connectivity index (χ3v) is 3.75. The van der Waals surface area contributed by atoms with Crippen LogP contribution in [0.4, 0.5) is 4.79 Å². The van der Waals surface area contributed by atoms with Crippen molar-refractivity contribution in [2.45, 2.75) is 70.6 Å². The molecule has 0 aromatic carbocycles. The van der Waals surface area contributed by atoms with Crippen molar-refractivity contribution in [1.29, 1.82) is 0 Å². The lowest BCUT2D eigenvalue weighted by molar-refractivity contribution is -0.000711. The SMILES string of the molecule is CC(C)(C)OC(=O)N1C2CCC1(C)C/C(=N\O)C2. The lowest BCUT2D eigenvalue weighted by atomic mass is 9.89.